The molecule has 0 aliphatic heterocycles. The van der Waals surface area contributed by atoms with Crippen LogP contribution in [-0.4, -0.2) is 28.8 Å². The lowest BCUT2D eigenvalue weighted by Crippen LogP contribution is -2.17. The predicted molar refractivity (Wildman–Crippen MR) is 88.2 cm³/mol. The largest absolute Gasteiger partial charge is 0.493 e. The van der Waals surface area contributed by atoms with Crippen molar-refractivity contribution in [2.45, 2.75) is 6.92 Å². The number of aromatic nitrogens is 2. The van der Waals surface area contributed by atoms with Crippen LogP contribution in [0.25, 0.3) is 21.8 Å². The van der Waals surface area contributed by atoms with Gasteiger partial charge in [0.2, 0.25) is 0 Å². The van der Waals surface area contributed by atoms with Crippen molar-refractivity contribution in [2.24, 2.45) is 14.1 Å². The molecule has 0 bridgehead atoms. The van der Waals surface area contributed by atoms with Crippen LogP contribution >= 0.6 is 0 Å². The summed E-state index contributed by atoms with van der Waals surface area (Å²) in [5.41, 5.74) is 1.51. The molecule has 23 heavy (non-hydrogen) atoms. The summed E-state index contributed by atoms with van der Waals surface area (Å²) in [6, 6.07) is 7.57. The zero-order chi connectivity index (χ0) is 16.7. The molecule has 2 aromatic heterocycles. The third-order valence-corrected chi connectivity index (χ3v) is 4.06. The van der Waals surface area contributed by atoms with Gasteiger partial charge in [0, 0.05) is 19.5 Å². The van der Waals surface area contributed by atoms with Crippen LogP contribution in [0.5, 0.6) is 5.75 Å². The molecule has 0 aliphatic carbocycles. The summed E-state index contributed by atoms with van der Waals surface area (Å²) >= 11 is 0. The van der Waals surface area contributed by atoms with Crippen molar-refractivity contribution in [1.29, 1.82) is 0 Å². The van der Waals surface area contributed by atoms with E-state index in [1.54, 1.807) is 30.2 Å². The molecular formula is C17H18N2O4. The Morgan fingerprint density at radius 2 is 1.87 bits per heavy atom. The van der Waals surface area contributed by atoms with E-state index in [0.29, 0.717) is 10.9 Å². The lowest BCUT2D eigenvalue weighted by molar-refractivity contribution is 0.0512. The number of carbonyl (C=O) groups is 1. The number of rotatable bonds is 3. The number of pyridine rings is 1. The van der Waals surface area contributed by atoms with Crippen LogP contribution in [0.1, 0.15) is 17.4 Å². The summed E-state index contributed by atoms with van der Waals surface area (Å²) in [4.78, 5) is 25.1. The van der Waals surface area contributed by atoms with Crippen LogP contribution in [0.4, 0.5) is 0 Å². The molecule has 0 amide bonds. The first kappa shape index (κ1) is 15.1. The molecular weight excluding hydrogens is 296 g/mol. The molecule has 6 heteroatoms. The van der Waals surface area contributed by atoms with Crippen LogP contribution in [0, 0.1) is 0 Å². The number of benzene rings is 1. The zero-order valence-electron chi connectivity index (χ0n) is 13.5. The number of hydrogen-bond donors (Lipinski definition) is 0. The summed E-state index contributed by atoms with van der Waals surface area (Å²) in [6.45, 7) is 1.99. The summed E-state index contributed by atoms with van der Waals surface area (Å²) < 4.78 is 13.8. The Balaban J connectivity index is 2.57. The van der Waals surface area contributed by atoms with E-state index in [4.69, 9.17) is 9.47 Å². The molecule has 0 N–H and O–H groups in total. The molecule has 3 aromatic rings. The van der Waals surface area contributed by atoms with Crippen LogP contribution in [0.3, 0.4) is 0 Å². The van der Waals surface area contributed by atoms with Crippen LogP contribution in [0.15, 0.2) is 29.1 Å². The molecule has 1 aromatic carbocycles. The number of carbonyl (C=O) groups excluding carboxylic acids is 1. The Morgan fingerprint density at radius 1 is 1.17 bits per heavy atom. The number of methoxy groups -OCH3 is 1. The Hall–Kier alpha value is -2.76. The van der Waals surface area contributed by atoms with Gasteiger partial charge in [-0.15, -0.1) is 0 Å². The first-order valence-corrected chi connectivity index (χ1v) is 7.34. The van der Waals surface area contributed by atoms with Gasteiger partial charge in [0.15, 0.2) is 11.4 Å². The Morgan fingerprint density at radius 3 is 2.52 bits per heavy atom. The Bertz CT molecular complexity index is 982. The maximum absolute atomic E-state index is 12.8. The van der Waals surface area contributed by atoms with Gasteiger partial charge in [-0.2, -0.15) is 0 Å². The second-order valence-electron chi connectivity index (χ2n) is 5.27. The summed E-state index contributed by atoms with van der Waals surface area (Å²) in [6.07, 6.45) is 0. The fourth-order valence-electron chi connectivity index (χ4n) is 3.04. The Labute approximate surface area is 132 Å². The molecule has 0 fully saturated rings. The molecule has 0 saturated heterocycles. The topological polar surface area (TPSA) is 62.5 Å². The van der Waals surface area contributed by atoms with E-state index < -0.39 is 5.97 Å². The maximum Gasteiger partial charge on any atom is 0.358 e. The number of nitrogens with zero attached hydrogens (tertiary/aromatic N) is 2. The molecule has 0 atom stereocenters. The number of hydrogen-bond acceptors (Lipinski definition) is 4. The van der Waals surface area contributed by atoms with E-state index >= 15 is 0 Å². The van der Waals surface area contributed by atoms with Crippen molar-refractivity contribution in [3.05, 3.63) is 40.3 Å². The third-order valence-electron chi connectivity index (χ3n) is 4.06. The monoisotopic (exact) mass is 314 g/mol. The van der Waals surface area contributed by atoms with Crippen molar-refractivity contribution in [1.82, 2.24) is 9.13 Å². The van der Waals surface area contributed by atoms with Crippen molar-refractivity contribution in [3.8, 4) is 5.75 Å². The van der Waals surface area contributed by atoms with Crippen molar-refractivity contribution >= 4 is 27.8 Å². The Kier molecular flexibility index (Phi) is 3.60. The van der Waals surface area contributed by atoms with Crippen molar-refractivity contribution in [3.63, 3.8) is 0 Å². The van der Waals surface area contributed by atoms with Gasteiger partial charge in [0.05, 0.1) is 24.8 Å². The van der Waals surface area contributed by atoms with E-state index in [9.17, 15) is 9.59 Å². The molecule has 3 rings (SSSR count). The van der Waals surface area contributed by atoms with Gasteiger partial charge >= 0.3 is 5.97 Å². The molecule has 0 radical (unpaired) electrons. The normalized spacial score (nSPS) is 11.1. The van der Waals surface area contributed by atoms with Gasteiger partial charge in [-0.25, -0.2) is 4.79 Å². The van der Waals surface area contributed by atoms with Crippen LogP contribution < -0.4 is 10.3 Å². The van der Waals surface area contributed by atoms with E-state index in [2.05, 4.69) is 0 Å². The average Bonchev–Trinajstić information content (AvgIpc) is 2.85. The fraction of sp³-hybridized carbons (Fsp3) is 0.294. The summed E-state index contributed by atoms with van der Waals surface area (Å²) in [5, 5.41) is 1.26. The highest BCUT2D eigenvalue weighted by Gasteiger charge is 2.27. The quantitative estimate of drug-likeness (QED) is 0.695. The van der Waals surface area contributed by atoms with Crippen LogP contribution in [-0.2, 0) is 18.8 Å². The van der Waals surface area contributed by atoms with Crippen LogP contribution in [0.2, 0.25) is 0 Å². The number of para-hydroxylation sites is 1. The second-order valence-corrected chi connectivity index (χ2v) is 5.27. The van der Waals surface area contributed by atoms with Gasteiger partial charge in [-0.1, -0.05) is 18.2 Å². The number of esters is 1. The summed E-state index contributed by atoms with van der Waals surface area (Å²) in [7, 11) is 4.90. The molecule has 0 spiro atoms. The average molecular weight is 314 g/mol. The van der Waals surface area contributed by atoms with E-state index in [1.165, 1.54) is 7.11 Å². The standard InChI is InChI=1S/C17H18N2O4/c1-5-23-17(21)14-15(22-4)12-13(19(14)3)10-8-6-7-9-11(10)18(2)16(12)20/h6-9H,5H2,1-4H3. The van der Waals surface area contributed by atoms with E-state index in [-0.39, 0.29) is 23.6 Å². The van der Waals surface area contributed by atoms with Gasteiger partial charge in [0.25, 0.3) is 5.56 Å². The minimum atomic E-state index is -0.505. The molecule has 0 saturated carbocycles. The molecule has 2 heterocycles. The fourth-order valence-corrected chi connectivity index (χ4v) is 3.04. The minimum absolute atomic E-state index is 0.207. The molecule has 120 valence electrons. The molecule has 0 unspecified atom stereocenters. The van der Waals surface area contributed by atoms with E-state index in [0.717, 1.165) is 10.9 Å². The third kappa shape index (κ3) is 2.02. The summed E-state index contributed by atoms with van der Waals surface area (Å²) in [5.74, 6) is -0.249. The number of ether oxygens (including phenoxy) is 2. The van der Waals surface area contributed by atoms with E-state index in [1.807, 2.05) is 24.3 Å². The van der Waals surface area contributed by atoms with Gasteiger partial charge in [-0.05, 0) is 13.0 Å². The number of aryl methyl sites for hydroxylation is 2. The first-order chi connectivity index (χ1) is 11.0. The first-order valence-electron chi connectivity index (χ1n) is 7.34. The highest BCUT2D eigenvalue weighted by Crippen LogP contribution is 2.34. The second kappa shape index (κ2) is 5.46. The van der Waals surface area contributed by atoms with Gasteiger partial charge < -0.3 is 18.6 Å². The maximum atomic E-state index is 12.8. The van der Waals surface area contributed by atoms with Gasteiger partial charge in [0.1, 0.15) is 5.39 Å². The smallest absolute Gasteiger partial charge is 0.358 e. The highest BCUT2D eigenvalue weighted by molar-refractivity contribution is 6.11. The zero-order valence-corrected chi connectivity index (χ0v) is 13.5. The number of fused-ring (bicyclic) bond motifs is 3. The lowest BCUT2D eigenvalue weighted by atomic mass is 10.1. The van der Waals surface area contributed by atoms with Crippen molar-refractivity contribution < 1.29 is 14.3 Å². The lowest BCUT2D eigenvalue weighted by Gasteiger charge is -2.08. The van der Waals surface area contributed by atoms with Gasteiger partial charge in [-0.3, -0.25) is 4.79 Å². The predicted octanol–water partition coefficient (Wildman–Crippen LogP) is 2.22. The SMILES string of the molecule is CCOC(=O)c1c(OC)c2c(=O)n(C)c3ccccc3c2n1C. The van der Waals surface area contributed by atoms with Crippen molar-refractivity contribution in [2.75, 3.05) is 13.7 Å². The molecule has 0 aliphatic rings. The highest BCUT2D eigenvalue weighted by atomic mass is 16.5. The minimum Gasteiger partial charge on any atom is -0.493 e. The molecule has 6 nitrogen and oxygen atoms in total.